The maximum Gasteiger partial charge on any atom is 0.223 e. The minimum Gasteiger partial charge on any atom is -0.490 e. The van der Waals surface area contributed by atoms with E-state index in [1.165, 1.54) is 19.3 Å². The molecular formula is C19H29NO3. The maximum absolute atomic E-state index is 12.1. The van der Waals surface area contributed by atoms with E-state index in [0.29, 0.717) is 19.8 Å². The second-order valence-electron chi connectivity index (χ2n) is 6.02. The van der Waals surface area contributed by atoms with Gasteiger partial charge >= 0.3 is 0 Å². The predicted octanol–water partition coefficient (Wildman–Crippen LogP) is 3.72. The quantitative estimate of drug-likeness (QED) is 0.794. The normalized spacial score (nSPS) is 15.2. The third kappa shape index (κ3) is 5.45. The first-order valence-electron chi connectivity index (χ1n) is 8.90. The van der Waals surface area contributed by atoms with E-state index < -0.39 is 0 Å². The zero-order chi connectivity index (χ0) is 16.5. The lowest BCUT2D eigenvalue weighted by molar-refractivity contribution is -0.125. The van der Waals surface area contributed by atoms with E-state index in [1.54, 1.807) is 0 Å². The van der Waals surface area contributed by atoms with Crippen molar-refractivity contribution in [2.75, 3.05) is 19.8 Å². The highest BCUT2D eigenvalue weighted by molar-refractivity contribution is 5.78. The fourth-order valence-corrected chi connectivity index (χ4v) is 3.09. The van der Waals surface area contributed by atoms with Crippen LogP contribution in [0.5, 0.6) is 11.5 Å². The molecule has 1 aromatic carbocycles. The van der Waals surface area contributed by atoms with Crippen LogP contribution in [0.4, 0.5) is 0 Å². The van der Waals surface area contributed by atoms with E-state index in [2.05, 4.69) is 5.32 Å². The number of hydrogen-bond acceptors (Lipinski definition) is 3. The third-order valence-corrected chi connectivity index (χ3v) is 4.30. The van der Waals surface area contributed by atoms with Gasteiger partial charge in [0.1, 0.15) is 0 Å². The Morgan fingerprint density at radius 2 is 1.78 bits per heavy atom. The summed E-state index contributed by atoms with van der Waals surface area (Å²) < 4.78 is 11.2. The zero-order valence-corrected chi connectivity index (χ0v) is 14.4. The summed E-state index contributed by atoms with van der Waals surface area (Å²) in [7, 11) is 0. The molecule has 0 atom stereocenters. The average Bonchev–Trinajstić information content (AvgIpc) is 2.58. The minimum absolute atomic E-state index is 0.223. The Hall–Kier alpha value is -1.71. The molecule has 128 valence electrons. The average molecular weight is 319 g/mol. The zero-order valence-electron chi connectivity index (χ0n) is 14.4. The van der Waals surface area contributed by atoms with Crippen LogP contribution in [0.15, 0.2) is 18.2 Å². The van der Waals surface area contributed by atoms with E-state index in [9.17, 15) is 4.79 Å². The van der Waals surface area contributed by atoms with Crippen molar-refractivity contribution in [3.8, 4) is 11.5 Å². The Labute approximate surface area is 139 Å². The lowest BCUT2D eigenvalue weighted by Gasteiger charge is -2.20. The van der Waals surface area contributed by atoms with Crippen LogP contribution in [0.3, 0.4) is 0 Å². The fourth-order valence-electron chi connectivity index (χ4n) is 3.09. The van der Waals surface area contributed by atoms with Crippen molar-refractivity contribution in [3.05, 3.63) is 23.8 Å². The Morgan fingerprint density at radius 1 is 1.09 bits per heavy atom. The van der Waals surface area contributed by atoms with Gasteiger partial charge in [-0.15, -0.1) is 0 Å². The van der Waals surface area contributed by atoms with Gasteiger partial charge in [0.05, 0.1) is 13.2 Å². The summed E-state index contributed by atoms with van der Waals surface area (Å²) in [5, 5.41) is 3.08. The van der Waals surface area contributed by atoms with Gasteiger partial charge in [-0.3, -0.25) is 4.79 Å². The predicted molar refractivity (Wildman–Crippen MR) is 92.1 cm³/mol. The van der Waals surface area contributed by atoms with E-state index in [0.717, 1.165) is 36.3 Å². The molecule has 1 saturated carbocycles. The highest BCUT2D eigenvalue weighted by Crippen LogP contribution is 2.28. The Balaban J connectivity index is 1.84. The number of nitrogens with one attached hydrogen (secondary N) is 1. The van der Waals surface area contributed by atoms with E-state index >= 15 is 0 Å². The third-order valence-electron chi connectivity index (χ3n) is 4.30. The number of ether oxygens (including phenoxy) is 2. The van der Waals surface area contributed by atoms with E-state index in [4.69, 9.17) is 9.47 Å². The van der Waals surface area contributed by atoms with Gasteiger partial charge in [-0.25, -0.2) is 0 Å². The number of carbonyl (C=O) groups is 1. The van der Waals surface area contributed by atoms with Crippen LogP contribution in [0.1, 0.15) is 51.5 Å². The van der Waals surface area contributed by atoms with Crippen LogP contribution < -0.4 is 14.8 Å². The van der Waals surface area contributed by atoms with Gasteiger partial charge in [0.25, 0.3) is 0 Å². The fraction of sp³-hybridized carbons (Fsp3) is 0.632. The van der Waals surface area contributed by atoms with Crippen LogP contribution in [-0.2, 0) is 11.2 Å². The van der Waals surface area contributed by atoms with Crippen molar-refractivity contribution in [2.24, 2.45) is 5.92 Å². The summed E-state index contributed by atoms with van der Waals surface area (Å²) in [5.74, 6) is 2.01. The summed E-state index contributed by atoms with van der Waals surface area (Å²) in [6.45, 7) is 5.84. The SMILES string of the molecule is CCOc1ccc(CCNC(=O)C2CCCCC2)cc1OCC. The standard InChI is InChI=1S/C19H29NO3/c1-3-22-17-11-10-15(14-18(17)23-4-2)12-13-20-19(21)16-8-6-5-7-9-16/h10-11,14,16H,3-9,12-13H2,1-2H3,(H,20,21). The molecule has 0 spiro atoms. The first kappa shape index (κ1) is 17.6. The van der Waals surface area contributed by atoms with Gasteiger partial charge in [-0.2, -0.15) is 0 Å². The van der Waals surface area contributed by atoms with Gasteiger partial charge in [0.15, 0.2) is 11.5 Å². The molecule has 0 bridgehead atoms. The first-order valence-corrected chi connectivity index (χ1v) is 8.90. The second kappa shape index (κ2) is 9.43. The van der Waals surface area contributed by atoms with Crippen LogP contribution in [0.2, 0.25) is 0 Å². The molecular weight excluding hydrogens is 290 g/mol. The molecule has 1 aliphatic rings. The van der Waals surface area contributed by atoms with Crippen molar-refractivity contribution in [3.63, 3.8) is 0 Å². The summed E-state index contributed by atoms with van der Waals surface area (Å²) in [5.41, 5.74) is 1.15. The smallest absolute Gasteiger partial charge is 0.223 e. The number of hydrogen-bond donors (Lipinski definition) is 1. The van der Waals surface area contributed by atoms with E-state index in [-0.39, 0.29) is 11.8 Å². The lowest BCUT2D eigenvalue weighted by atomic mass is 9.88. The number of rotatable bonds is 8. The van der Waals surface area contributed by atoms with Gasteiger partial charge < -0.3 is 14.8 Å². The van der Waals surface area contributed by atoms with Crippen LogP contribution in [0, 0.1) is 5.92 Å². The first-order chi connectivity index (χ1) is 11.2. The van der Waals surface area contributed by atoms with Crippen molar-refractivity contribution in [1.29, 1.82) is 0 Å². The Kier molecular flexibility index (Phi) is 7.24. The summed E-state index contributed by atoms with van der Waals surface area (Å²) in [6, 6.07) is 6.01. The molecule has 0 radical (unpaired) electrons. The number of benzene rings is 1. The summed E-state index contributed by atoms with van der Waals surface area (Å²) in [6.07, 6.45) is 6.55. The van der Waals surface area contributed by atoms with Crippen molar-refractivity contribution in [1.82, 2.24) is 5.32 Å². The Morgan fingerprint density at radius 3 is 2.48 bits per heavy atom. The second-order valence-corrected chi connectivity index (χ2v) is 6.02. The monoisotopic (exact) mass is 319 g/mol. The molecule has 4 nitrogen and oxygen atoms in total. The highest BCUT2D eigenvalue weighted by atomic mass is 16.5. The van der Waals surface area contributed by atoms with Crippen molar-refractivity contribution < 1.29 is 14.3 Å². The van der Waals surface area contributed by atoms with E-state index in [1.807, 2.05) is 32.0 Å². The summed E-state index contributed by atoms with van der Waals surface area (Å²) >= 11 is 0. The minimum atomic E-state index is 0.223. The molecule has 0 heterocycles. The number of amides is 1. The topological polar surface area (TPSA) is 47.6 Å². The van der Waals surface area contributed by atoms with Gasteiger partial charge in [-0.05, 0) is 50.8 Å². The maximum atomic E-state index is 12.1. The van der Waals surface area contributed by atoms with Crippen molar-refractivity contribution >= 4 is 5.91 Å². The molecule has 0 unspecified atom stereocenters. The highest BCUT2D eigenvalue weighted by Gasteiger charge is 2.20. The molecule has 0 aromatic heterocycles. The molecule has 23 heavy (non-hydrogen) atoms. The largest absolute Gasteiger partial charge is 0.490 e. The molecule has 1 aromatic rings. The molecule has 4 heteroatoms. The van der Waals surface area contributed by atoms with Crippen LogP contribution in [0.25, 0.3) is 0 Å². The van der Waals surface area contributed by atoms with Gasteiger partial charge in [0.2, 0.25) is 5.91 Å². The molecule has 1 amide bonds. The molecule has 1 N–H and O–H groups in total. The molecule has 0 saturated heterocycles. The van der Waals surface area contributed by atoms with Crippen LogP contribution in [-0.4, -0.2) is 25.7 Å². The molecule has 1 aliphatic carbocycles. The van der Waals surface area contributed by atoms with Crippen molar-refractivity contribution in [2.45, 2.75) is 52.4 Å². The number of carbonyl (C=O) groups excluding carboxylic acids is 1. The lowest BCUT2D eigenvalue weighted by Crippen LogP contribution is -2.33. The molecule has 0 aliphatic heterocycles. The van der Waals surface area contributed by atoms with Gasteiger partial charge in [0, 0.05) is 12.5 Å². The summed E-state index contributed by atoms with van der Waals surface area (Å²) in [4.78, 5) is 12.1. The molecule has 1 fully saturated rings. The molecule has 2 rings (SSSR count). The van der Waals surface area contributed by atoms with Gasteiger partial charge in [-0.1, -0.05) is 25.3 Å². The Bertz CT molecular complexity index is 495. The van der Waals surface area contributed by atoms with Crippen LogP contribution >= 0.6 is 0 Å².